The lowest BCUT2D eigenvalue weighted by Gasteiger charge is -2.09. The fourth-order valence-corrected chi connectivity index (χ4v) is 3.50. The van der Waals surface area contributed by atoms with Gasteiger partial charge in [-0.15, -0.1) is 15.0 Å². The standard InChI is InChI=1S/C25H35N3O3/c1-3-5-6-7-8-9-10-11-17-31-21-13-15-24(25(29)19-21)28-26-22-14-12-20(30-16-4-2)18-23(22)27-28/h12-15,18-19,29H,3-11,16-17H2,1-2H3. The van der Waals surface area contributed by atoms with Gasteiger partial charge in [0.15, 0.2) is 0 Å². The van der Waals surface area contributed by atoms with Crippen LogP contribution in [0.3, 0.4) is 0 Å². The summed E-state index contributed by atoms with van der Waals surface area (Å²) in [4.78, 5) is 1.45. The second-order valence-electron chi connectivity index (χ2n) is 7.96. The third-order valence-corrected chi connectivity index (χ3v) is 5.25. The van der Waals surface area contributed by atoms with E-state index in [4.69, 9.17) is 9.47 Å². The zero-order valence-electron chi connectivity index (χ0n) is 18.8. The van der Waals surface area contributed by atoms with E-state index in [-0.39, 0.29) is 5.75 Å². The summed E-state index contributed by atoms with van der Waals surface area (Å²) in [6.45, 7) is 5.65. The molecule has 2 aromatic carbocycles. The van der Waals surface area contributed by atoms with Crippen LogP contribution >= 0.6 is 0 Å². The zero-order valence-corrected chi connectivity index (χ0v) is 18.8. The van der Waals surface area contributed by atoms with E-state index < -0.39 is 0 Å². The van der Waals surface area contributed by atoms with Crippen molar-refractivity contribution in [2.24, 2.45) is 0 Å². The van der Waals surface area contributed by atoms with Crippen LogP contribution in [0.2, 0.25) is 0 Å². The van der Waals surface area contributed by atoms with Crippen molar-refractivity contribution in [3.63, 3.8) is 0 Å². The maximum atomic E-state index is 10.5. The van der Waals surface area contributed by atoms with Crippen molar-refractivity contribution in [1.29, 1.82) is 0 Å². The van der Waals surface area contributed by atoms with Gasteiger partial charge in [0, 0.05) is 12.1 Å². The Morgan fingerprint density at radius 1 is 0.710 bits per heavy atom. The van der Waals surface area contributed by atoms with Gasteiger partial charge in [0.05, 0.1) is 13.2 Å². The summed E-state index contributed by atoms with van der Waals surface area (Å²) < 4.78 is 11.5. The lowest BCUT2D eigenvalue weighted by molar-refractivity contribution is 0.302. The molecule has 1 N–H and O–H groups in total. The SMILES string of the molecule is CCCCCCCCCCOc1ccc(-n2nc3ccc(OCCC)cc3n2)c(O)c1. The summed E-state index contributed by atoms with van der Waals surface area (Å²) in [7, 11) is 0. The second-order valence-corrected chi connectivity index (χ2v) is 7.96. The van der Waals surface area contributed by atoms with Crippen LogP contribution in [-0.2, 0) is 0 Å². The van der Waals surface area contributed by atoms with Gasteiger partial charge in [-0.05, 0) is 37.1 Å². The van der Waals surface area contributed by atoms with Gasteiger partial charge in [0.2, 0.25) is 0 Å². The molecule has 0 aliphatic carbocycles. The molecule has 1 aromatic heterocycles. The molecule has 0 unspecified atom stereocenters. The number of rotatable bonds is 14. The molecular formula is C25H35N3O3. The molecule has 0 saturated carbocycles. The molecule has 0 saturated heterocycles. The maximum Gasteiger partial charge on any atom is 0.146 e. The molecule has 0 radical (unpaired) electrons. The number of benzene rings is 2. The van der Waals surface area contributed by atoms with E-state index in [9.17, 15) is 5.11 Å². The number of unbranched alkanes of at least 4 members (excludes halogenated alkanes) is 7. The van der Waals surface area contributed by atoms with E-state index >= 15 is 0 Å². The van der Waals surface area contributed by atoms with Gasteiger partial charge in [-0.1, -0.05) is 58.8 Å². The first-order chi connectivity index (χ1) is 15.2. The third-order valence-electron chi connectivity index (χ3n) is 5.25. The van der Waals surface area contributed by atoms with E-state index in [1.54, 1.807) is 12.1 Å². The van der Waals surface area contributed by atoms with Gasteiger partial charge in [-0.2, -0.15) is 0 Å². The number of phenols is 1. The molecule has 0 bridgehead atoms. The van der Waals surface area contributed by atoms with Crippen molar-refractivity contribution in [1.82, 2.24) is 15.0 Å². The van der Waals surface area contributed by atoms with Crippen molar-refractivity contribution in [2.45, 2.75) is 71.6 Å². The van der Waals surface area contributed by atoms with Gasteiger partial charge in [0.25, 0.3) is 0 Å². The van der Waals surface area contributed by atoms with Crippen molar-refractivity contribution in [2.75, 3.05) is 13.2 Å². The minimum absolute atomic E-state index is 0.0937. The highest BCUT2D eigenvalue weighted by molar-refractivity contribution is 5.75. The highest BCUT2D eigenvalue weighted by atomic mass is 16.5. The predicted octanol–water partition coefficient (Wildman–Crippen LogP) is 6.43. The molecule has 3 rings (SSSR count). The van der Waals surface area contributed by atoms with Crippen molar-refractivity contribution in [3.8, 4) is 22.9 Å². The highest BCUT2D eigenvalue weighted by Gasteiger charge is 2.11. The zero-order chi connectivity index (χ0) is 21.9. The van der Waals surface area contributed by atoms with Crippen LogP contribution in [0.15, 0.2) is 36.4 Å². The molecular weight excluding hydrogens is 390 g/mol. The number of aromatic hydroxyl groups is 1. The first-order valence-corrected chi connectivity index (χ1v) is 11.7. The number of hydrogen-bond donors (Lipinski definition) is 1. The minimum atomic E-state index is 0.0937. The summed E-state index contributed by atoms with van der Waals surface area (Å²) in [6, 6.07) is 10.9. The molecule has 0 amide bonds. The number of aromatic nitrogens is 3. The lowest BCUT2D eigenvalue weighted by atomic mass is 10.1. The number of nitrogens with zero attached hydrogens (tertiary/aromatic N) is 3. The maximum absolute atomic E-state index is 10.5. The minimum Gasteiger partial charge on any atom is -0.505 e. The van der Waals surface area contributed by atoms with Gasteiger partial charge in [-0.25, -0.2) is 0 Å². The molecule has 1 heterocycles. The van der Waals surface area contributed by atoms with Gasteiger partial charge < -0.3 is 14.6 Å². The fraction of sp³-hybridized carbons (Fsp3) is 0.520. The average molecular weight is 426 g/mol. The number of ether oxygens (including phenoxy) is 2. The Morgan fingerprint density at radius 3 is 2.10 bits per heavy atom. The molecule has 6 heteroatoms. The molecule has 168 valence electrons. The third kappa shape index (κ3) is 6.88. The van der Waals surface area contributed by atoms with Crippen LogP contribution in [0.4, 0.5) is 0 Å². The largest absolute Gasteiger partial charge is 0.505 e. The van der Waals surface area contributed by atoms with Crippen LogP contribution < -0.4 is 9.47 Å². The van der Waals surface area contributed by atoms with E-state index in [1.165, 1.54) is 49.7 Å². The Balaban J connectivity index is 1.51. The number of fused-ring (bicyclic) bond motifs is 1. The Hall–Kier alpha value is -2.76. The van der Waals surface area contributed by atoms with E-state index in [2.05, 4.69) is 24.0 Å². The van der Waals surface area contributed by atoms with E-state index in [0.29, 0.717) is 24.7 Å². The summed E-state index contributed by atoms with van der Waals surface area (Å²) in [6.07, 6.45) is 11.1. The Kier molecular flexibility index (Phi) is 9.00. The fourth-order valence-electron chi connectivity index (χ4n) is 3.50. The summed E-state index contributed by atoms with van der Waals surface area (Å²) in [5, 5.41) is 19.4. The van der Waals surface area contributed by atoms with Crippen LogP contribution in [0.1, 0.15) is 71.6 Å². The van der Waals surface area contributed by atoms with Crippen LogP contribution in [0, 0.1) is 0 Å². The summed E-state index contributed by atoms with van der Waals surface area (Å²) in [5.41, 5.74) is 1.99. The van der Waals surface area contributed by atoms with Crippen molar-refractivity contribution >= 4 is 11.0 Å². The quantitative estimate of drug-likeness (QED) is 0.301. The summed E-state index contributed by atoms with van der Waals surface area (Å²) in [5.74, 6) is 1.53. The summed E-state index contributed by atoms with van der Waals surface area (Å²) >= 11 is 0. The number of hydrogen-bond acceptors (Lipinski definition) is 5. The first-order valence-electron chi connectivity index (χ1n) is 11.7. The predicted molar refractivity (Wildman–Crippen MR) is 124 cm³/mol. The Morgan fingerprint density at radius 2 is 1.35 bits per heavy atom. The Bertz CT molecular complexity index is 939. The molecule has 0 fully saturated rings. The Labute approximate surface area is 185 Å². The lowest BCUT2D eigenvalue weighted by Crippen LogP contribution is -2.01. The van der Waals surface area contributed by atoms with Crippen molar-refractivity contribution < 1.29 is 14.6 Å². The topological polar surface area (TPSA) is 69.4 Å². The van der Waals surface area contributed by atoms with E-state index in [0.717, 1.165) is 29.6 Å². The second kappa shape index (κ2) is 12.2. The molecule has 0 spiro atoms. The highest BCUT2D eigenvalue weighted by Crippen LogP contribution is 2.27. The smallest absolute Gasteiger partial charge is 0.146 e. The van der Waals surface area contributed by atoms with Crippen molar-refractivity contribution in [3.05, 3.63) is 36.4 Å². The van der Waals surface area contributed by atoms with Gasteiger partial charge in [-0.3, -0.25) is 0 Å². The normalized spacial score (nSPS) is 11.2. The van der Waals surface area contributed by atoms with Crippen LogP contribution in [0.25, 0.3) is 16.7 Å². The number of phenolic OH excluding ortho intramolecular Hbond substituents is 1. The molecule has 6 nitrogen and oxygen atoms in total. The molecule has 0 aliphatic heterocycles. The monoisotopic (exact) mass is 425 g/mol. The van der Waals surface area contributed by atoms with Crippen LogP contribution in [0.5, 0.6) is 17.2 Å². The van der Waals surface area contributed by atoms with Crippen LogP contribution in [-0.4, -0.2) is 33.3 Å². The first kappa shape index (κ1) is 22.9. The van der Waals surface area contributed by atoms with Gasteiger partial charge >= 0.3 is 0 Å². The molecule has 3 aromatic rings. The van der Waals surface area contributed by atoms with E-state index in [1.807, 2.05) is 24.3 Å². The molecule has 0 aliphatic rings. The molecule has 0 atom stereocenters. The average Bonchev–Trinajstić information content (AvgIpc) is 3.19. The van der Waals surface area contributed by atoms with Gasteiger partial charge in [0.1, 0.15) is 34.0 Å². The molecule has 31 heavy (non-hydrogen) atoms.